The van der Waals surface area contributed by atoms with Crippen LogP contribution >= 0.6 is 0 Å². The van der Waals surface area contributed by atoms with Crippen molar-refractivity contribution in [2.75, 3.05) is 13.1 Å². The number of rotatable bonds is 1. The van der Waals surface area contributed by atoms with Crippen LogP contribution in [-0.2, 0) is 4.74 Å². The number of carbonyl (C=O) groups is 1. The van der Waals surface area contributed by atoms with Crippen LogP contribution < -0.4 is 5.56 Å². The lowest BCUT2D eigenvalue weighted by atomic mass is 9.96. The first-order valence-corrected chi connectivity index (χ1v) is 6.83. The first kappa shape index (κ1) is 15.1. The molecule has 0 spiro atoms. The van der Waals surface area contributed by atoms with Gasteiger partial charge in [-0.3, -0.25) is 9.69 Å². The Balaban J connectivity index is 2.17. The Hall–Kier alpha value is -2.29. The molecule has 6 heteroatoms. The Bertz CT molecular complexity index is 624. The van der Waals surface area contributed by atoms with Crippen molar-refractivity contribution in [3.63, 3.8) is 0 Å². The van der Waals surface area contributed by atoms with E-state index in [1.54, 1.807) is 17.2 Å². The zero-order valence-electron chi connectivity index (χ0n) is 12.4. The lowest BCUT2D eigenvalue weighted by molar-refractivity contribution is 0.0292. The van der Waals surface area contributed by atoms with E-state index in [2.05, 4.69) is 9.83 Å². The molecule has 1 aliphatic heterocycles. The molecule has 0 aliphatic carbocycles. The highest BCUT2D eigenvalue weighted by Crippen LogP contribution is 2.30. The molecule has 1 aromatic heterocycles. The van der Waals surface area contributed by atoms with Crippen LogP contribution in [0.2, 0.25) is 0 Å². The summed E-state index contributed by atoms with van der Waals surface area (Å²) in [5.74, 6) is -0.155. The van der Waals surface area contributed by atoms with E-state index in [1.165, 1.54) is 6.07 Å². The van der Waals surface area contributed by atoms with Crippen molar-refractivity contribution in [1.29, 1.82) is 0 Å². The number of likely N-dealkylation sites (tertiary alicyclic amines) is 1. The van der Waals surface area contributed by atoms with Crippen LogP contribution in [0.25, 0.3) is 4.85 Å². The molecule has 21 heavy (non-hydrogen) atoms. The number of ether oxygens (including phenoxy) is 1. The molecule has 1 N–H and O–H groups in total. The Kier molecular flexibility index (Phi) is 4.03. The lowest BCUT2D eigenvalue weighted by Crippen LogP contribution is -2.35. The molecular formula is C15H19N3O3. The number of amides is 1. The van der Waals surface area contributed by atoms with Crippen LogP contribution in [0, 0.1) is 6.57 Å². The number of aromatic amines is 1. The maximum absolute atomic E-state index is 12.1. The maximum atomic E-state index is 12.1. The summed E-state index contributed by atoms with van der Waals surface area (Å²) < 4.78 is 5.34. The highest BCUT2D eigenvalue weighted by atomic mass is 16.6. The quantitative estimate of drug-likeness (QED) is 0.804. The summed E-state index contributed by atoms with van der Waals surface area (Å²) in [6.07, 6.45) is 1.15. The number of carbonyl (C=O) groups excluding carboxylic acids is 1. The Morgan fingerprint density at radius 3 is 2.76 bits per heavy atom. The monoisotopic (exact) mass is 289 g/mol. The third kappa shape index (κ3) is 3.63. The predicted octanol–water partition coefficient (Wildman–Crippen LogP) is 2.00. The van der Waals surface area contributed by atoms with Crippen molar-refractivity contribution in [2.45, 2.75) is 38.3 Å². The zero-order chi connectivity index (χ0) is 15.6. The van der Waals surface area contributed by atoms with E-state index < -0.39 is 11.7 Å². The van der Waals surface area contributed by atoms with Gasteiger partial charge in [-0.05, 0) is 32.4 Å². The van der Waals surface area contributed by atoms with Gasteiger partial charge in [0.05, 0.1) is 12.5 Å². The summed E-state index contributed by atoms with van der Waals surface area (Å²) in [5.41, 5.74) is 0.0184. The van der Waals surface area contributed by atoms with Crippen molar-refractivity contribution >= 4 is 6.09 Å². The van der Waals surface area contributed by atoms with Gasteiger partial charge in [0, 0.05) is 18.8 Å². The Labute approximate surface area is 123 Å². The summed E-state index contributed by atoms with van der Waals surface area (Å²) in [5, 5.41) is 0. The Morgan fingerprint density at radius 2 is 2.19 bits per heavy atom. The number of pyridine rings is 1. The molecule has 6 nitrogen and oxygen atoms in total. The van der Waals surface area contributed by atoms with Crippen LogP contribution in [0.1, 0.15) is 32.3 Å². The molecule has 0 saturated carbocycles. The van der Waals surface area contributed by atoms with E-state index in [0.29, 0.717) is 13.1 Å². The average molecular weight is 289 g/mol. The number of hydrogen-bond donors (Lipinski definition) is 1. The Morgan fingerprint density at radius 1 is 1.48 bits per heavy atom. The smallest absolute Gasteiger partial charge is 0.410 e. The zero-order valence-corrected chi connectivity index (χ0v) is 12.4. The molecule has 1 amide bonds. The number of nitrogens with zero attached hydrogens (tertiary/aromatic N) is 2. The van der Waals surface area contributed by atoms with E-state index in [9.17, 15) is 9.59 Å². The number of nitrogens with one attached hydrogen (secondary N) is 1. The van der Waals surface area contributed by atoms with Gasteiger partial charge < -0.3 is 14.6 Å². The molecule has 1 aliphatic rings. The van der Waals surface area contributed by atoms with E-state index in [0.717, 1.165) is 5.56 Å². The van der Waals surface area contributed by atoms with E-state index >= 15 is 0 Å². The molecule has 0 unspecified atom stereocenters. The second-order valence-corrected chi connectivity index (χ2v) is 6.17. The number of aromatic nitrogens is 1. The third-order valence-electron chi connectivity index (χ3n) is 3.33. The SMILES string of the molecule is [C-]#[N+][C@H]1CN(C(=O)OC(C)(C)C)C[C@@H]1c1cc[nH]c(=O)c1. The van der Waals surface area contributed by atoms with Crippen molar-refractivity contribution in [3.8, 4) is 0 Å². The van der Waals surface area contributed by atoms with Gasteiger partial charge in [0.2, 0.25) is 11.6 Å². The molecule has 0 aromatic carbocycles. The largest absolute Gasteiger partial charge is 0.444 e. The molecule has 1 fully saturated rings. The van der Waals surface area contributed by atoms with E-state index in [1.807, 2.05) is 20.8 Å². The summed E-state index contributed by atoms with van der Waals surface area (Å²) in [6.45, 7) is 13.4. The summed E-state index contributed by atoms with van der Waals surface area (Å²) >= 11 is 0. The summed E-state index contributed by atoms with van der Waals surface area (Å²) in [4.78, 5) is 31.2. The van der Waals surface area contributed by atoms with Gasteiger partial charge in [-0.1, -0.05) is 0 Å². The van der Waals surface area contributed by atoms with Crippen LogP contribution in [0.3, 0.4) is 0 Å². The fraction of sp³-hybridized carbons (Fsp3) is 0.533. The molecule has 2 atom stereocenters. The number of H-pyrrole nitrogens is 1. The molecule has 0 bridgehead atoms. The summed E-state index contributed by atoms with van der Waals surface area (Å²) in [6, 6.07) is 2.92. The van der Waals surface area contributed by atoms with Gasteiger partial charge in [0.15, 0.2) is 0 Å². The normalized spacial score (nSPS) is 21.9. The highest BCUT2D eigenvalue weighted by molar-refractivity contribution is 5.69. The van der Waals surface area contributed by atoms with Gasteiger partial charge in [-0.15, -0.1) is 0 Å². The molecule has 1 saturated heterocycles. The lowest BCUT2D eigenvalue weighted by Gasteiger charge is -2.23. The van der Waals surface area contributed by atoms with Crippen LogP contribution in [-0.4, -0.2) is 40.7 Å². The fourth-order valence-corrected chi connectivity index (χ4v) is 2.41. The third-order valence-corrected chi connectivity index (χ3v) is 3.33. The molecule has 2 heterocycles. The first-order chi connectivity index (χ1) is 9.80. The highest BCUT2D eigenvalue weighted by Gasteiger charge is 2.42. The fourth-order valence-electron chi connectivity index (χ4n) is 2.41. The molecule has 112 valence electrons. The average Bonchev–Trinajstić information content (AvgIpc) is 2.81. The van der Waals surface area contributed by atoms with E-state index in [4.69, 9.17) is 11.3 Å². The van der Waals surface area contributed by atoms with Gasteiger partial charge >= 0.3 is 6.09 Å². The van der Waals surface area contributed by atoms with Gasteiger partial charge in [0.1, 0.15) is 5.60 Å². The van der Waals surface area contributed by atoms with E-state index in [-0.39, 0.29) is 17.5 Å². The first-order valence-electron chi connectivity index (χ1n) is 6.83. The van der Waals surface area contributed by atoms with Crippen molar-refractivity contribution in [3.05, 3.63) is 45.7 Å². The predicted molar refractivity (Wildman–Crippen MR) is 78.0 cm³/mol. The van der Waals surface area contributed by atoms with Gasteiger partial charge in [0.25, 0.3) is 0 Å². The van der Waals surface area contributed by atoms with Crippen LogP contribution in [0.15, 0.2) is 23.1 Å². The molecule has 2 rings (SSSR count). The van der Waals surface area contributed by atoms with Gasteiger partial charge in [-0.25, -0.2) is 11.4 Å². The van der Waals surface area contributed by atoms with Crippen LogP contribution in [0.4, 0.5) is 4.79 Å². The van der Waals surface area contributed by atoms with Crippen molar-refractivity contribution in [1.82, 2.24) is 9.88 Å². The minimum absolute atomic E-state index is 0.155. The maximum Gasteiger partial charge on any atom is 0.410 e. The minimum Gasteiger partial charge on any atom is -0.444 e. The summed E-state index contributed by atoms with van der Waals surface area (Å²) in [7, 11) is 0. The molecular weight excluding hydrogens is 270 g/mol. The minimum atomic E-state index is -0.563. The number of hydrogen-bond acceptors (Lipinski definition) is 3. The standard InChI is InChI=1S/C15H19N3O3/c1-15(2,3)21-14(20)18-8-11(12(9-18)16-4)10-5-6-17-13(19)7-10/h5-7,11-12H,8-9H2,1-3H3,(H,17,19)/t11-,12+/m1/s1. The molecule has 0 radical (unpaired) electrons. The van der Waals surface area contributed by atoms with Gasteiger partial charge in [-0.2, -0.15) is 0 Å². The van der Waals surface area contributed by atoms with Crippen LogP contribution in [0.5, 0.6) is 0 Å². The second kappa shape index (κ2) is 5.60. The van der Waals surface area contributed by atoms with Crippen molar-refractivity contribution < 1.29 is 9.53 Å². The second-order valence-electron chi connectivity index (χ2n) is 6.17. The van der Waals surface area contributed by atoms with Crippen molar-refractivity contribution in [2.24, 2.45) is 0 Å². The molecule has 1 aromatic rings. The topological polar surface area (TPSA) is 66.8 Å².